The van der Waals surface area contributed by atoms with Gasteiger partial charge >= 0.3 is 5.97 Å². The van der Waals surface area contributed by atoms with Gasteiger partial charge in [0, 0.05) is 7.05 Å². The third-order valence-corrected chi connectivity index (χ3v) is 8.52. The summed E-state index contributed by atoms with van der Waals surface area (Å²) in [5.74, 6) is -0.308. The third kappa shape index (κ3) is 4.42. The van der Waals surface area contributed by atoms with E-state index in [1.807, 2.05) is 30.3 Å². The highest BCUT2D eigenvalue weighted by molar-refractivity contribution is 7.91. The Labute approximate surface area is 165 Å². The summed E-state index contributed by atoms with van der Waals surface area (Å²) in [5.41, 5.74) is 0.796. The standard InChI is InChI=1S/C20H25NO4S2/c1-15(21(2)27(23,24)18-13-8-14-26-18)19(16-9-4-3-5-10-16)25-20(22)17-11-6-7-12-17/h3-5,8-10,13-15,17,19H,6-7,11-12H2,1-2H3/t15-,19-/m0/s1. The summed E-state index contributed by atoms with van der Waals surface area (Å²) in [5, 5.41) is 1.74. The number of thiophene rings is 1. The fourth-order valence-corrected chi connectivity index (χ4v) is 5.97. The second kappa shape index (κ2) is 8.54. The van der Waals surface area contributed by atoms with Gasteiger partial charge in [0.2, 0.25) is 0 Å². The monoisotopic (exact) mass is 407 g/mol. The summed E-state index contributed by atoms with van der Waals surface area (Å²) in [6, 6.07) is 12.1. The highest BCUT2D eigenvalue weighted by atomic mass is 32.2. The molecule has 0 unspecified atom stereocenters. The zero-order valence-corrected chi connectivity index (χ0v) is 17.2. The van der Waals surface area contributed by atoms with Crippen molar-refractivity contribution in [2.45, 2.75) is 49.0 Å². The minimum Gasteiger partial charge on any atom is -0.456 e. The summed E-state index contributed by atoms with van der Waals surface area (Å²) >= 11 is 1.18. The van der Waals surface area contributed by atoms with E-state index in [0.717, 1.165) is 31.2 Å². The van der Waals surface area contributed by atoms with Gasteiger partial charge in [0.1, 0.15) is 10.3 Å². The number of hydrogen-bond acceptors (Lipinski definition) is 5. The van der Waals surface area contributed by atoms with Crippen LogP contribution in [-0.4, -0.2) is 31.8 Å². The van der Waals surface area contributed by atoms with Gasteiger partial charge in [-0.25, -0.2) is 8.42 Å². The molecule has 1 aliphatic rings. The quantitative estimate of drug-likeness (QED) is 0.644. The average molecular weight is 408 g/mol. The number of rotatable bonds is 7. The van der Waals surface area contributed by atoms with Gasteiger partial charge in [-0.1, -0.05) is 49.2 Å². The van der Waals surface area contributed by atoms with Gasteiger partial charge in [-0.05, 0) is 36.8 Å². The Bertz CT molecular complexity index is 843. The van der Waals surface area contributed by atoms with E-state index in [4.69, 9.17) is 4.74 Å². The van der Waals surface area contributed by atoms with Crippen molar-refractivity contribution >= 4 is 27.3 Å². The topological polar surface area (TPSA) is 63.7 Å². The maximum absolute atomic E-state index is 12.9. The fourth-order valence-electron chi connectivity index (χ4n) is 3.43. The summed E-state index contributed by atoms with van der Waals surface area (Å²) in [4.78, 5) is 12.6. The number of esters is 1. The van der Waals surface area contributed by atoms with Crippen molar-refractivity contribution in [3.05, 3.63) is 53.4 Å². The molecule has 0 spiro atoms. The lowest BCUT2D eigenvalue weighted by Crippen LogP contribution is -2.40. The molecular formula is C20H25NO4S2. The Morgan fingerprint density at radius 2 is 1.81 bits per heavy atom. The molecule has 0 amide bonds. The molecule has 146 valence electrons. The number of likely N-dealkylation sites (N-methyl/N-ethyl adjacent to an activating group) is 1. The van der Waals surface area contributed by atoms with Crippen LogP contribution >= 0.6 is 11.3 Å². The van der Waals surface area contributed by atoms with Gasteiger partial charge in [-0.3, -0.25) is 4.79 Å². The minimum atomic E-state index is -3.64. The molecule has 7 heteroatoms. The normalized spacial score (nSPS) is 17.7. The Morgan fingerprint density at radius 1 is 1.15 bits per heavy atom. The van der Waals surface area contributed by atoms with Crippen molar-refractivity contribution < 1.29 is 17.9 Å². The second-order valence-electron chi connectivity index (χ2n) is 6.94. The Morgan fingerprint density at radius 3 is 2.41 bits per heavy atom. The van der Waals surface area contributed by atoms with Crippen LogP contribution in [0.25, 0.3) is 0 Å². The van der Waals surface area contributed by atoms with E-state index in [1.165, 1.54) is 15.6 Å². The van der Waals surface area contributed by atoms with Gasteiger partial charge < -0.3 is 4.74 Å². The molecule has 1 aromatic heterocycles. The van der Waals surface area contributed by atoms with Crippen LogP contribution in [-0.2, 0) is 19.6 Å². The SMILES string of the molecule is C[C@@H]([C@H](OC(=O)C1CCCC1)c1ccccc1)N(C)S(=O)(=O)c1cccs1. The first-order chi connectivity index (χ1) is 12.9. The van der Waals surface area contributed by atoms with E-state index in [-0.39, 0.29) is 16.1 Å². The molecule has 5 nitrogen and oxygen atoms in total. The first-order valence-corrected chi connectivity index (χ1v) is 11.5. The van der Waals surface area contributed by atoms with Gasteiger partial charge in [0.25, 0.3) is 10.0 Å². The van der Waals surface area contributed by atoms with E-state index >= 15 is 0 Å². The number of benzene rings is 1. The maximum Gasteiger partial charge on any atom is 0.309 e. The van der Waals surface area contributed by atoms with Gasteiger partial charge in [-0.15, -0.1) is 11.3 Å². The number of hydrogen-bond donors (Lipinski definition) is 0. The van der Waals surface area contributed by atoms with Crippen LogP contribution in [0.15, 0.2) is 52.1 Å². The Kier molecular flexibility index (Phi) is 6.34. The average Bonchev–Trinajstić information content (AvgIpc) is 3.39. The number of nitrogens with zero attached hydrogens (tertiary/aromatic N) is 1. The first kappa shape index (κ1) is 20.0. The largest absolute Gasteiger partial charge is 0.456 e. The van der Waals surface area contributed by atoms with Crippen molar-refractivity contribution in [2.24, 2.45) is 5.92 Å². The predicted octanol–water partition coefficient (Wildman–Crippen LogP) is 4.23. The highest BCUT2D eigenvalue weighted by Gasteiger charge is 2.35. The molecule has 1 saturated carbocycles. The molecule has 2 aromatic rings. The fraction of sp³-hybridized carbons (Fsp3) is 0.450. The van der Waals surface area contributed by atoms with E-state index in [9.17, 15) is 13.2 Å². The molecule has 3 rings (SSSR count). The lowest BCUT2D eigenvalue weighted by molar-refractivity contribution is -0.156. The van der Waals surface area contributed by atoms with Crippen LogP contribution in [0.2, 0.25) is 0 Å². The van der Waals surface area contributed by atoms with Crippen LogP contribution in [0.5, 0.6) is 0 Å². The molecule has 2 atom stereocenters. The molecule has 1 aliphatic carbocycles. The van der Waals surface area contributed by atoms with Crippen molar-refractivity contribution in [2.75, 3.05) is 7.05 Å². The summed E-state index contributed by atoms with van der Waals surface area (Å²) in [7, 11) is -2.10. The number of ether oxygens (including phenoxy) is 1. The molecule has 0 N–H and O–H groups in total. The number of sulfonamides is 1. The molecule has 27 heavy (non-hydrogen) atoms. The molecule has 0 aliphatic heterocycles. The Balaban J connectivity index is 1.86. The third-order valence-electron chi connectivity index (χ3n) is 5.20. The molecular weight excluding hydrogens is 382 g/mol. The second-order valence-corrected chi connectivity index (χ2v) is 10.1. The van der Waals surface area contributed by atoms with Crippen molar-refractivity contribution in [3.8, 4) is 0 Å². The van der Waals surface area contributed by atoms with E-state index in [2.05, 4.69) is 0 Å². The molecule has 0 saturated heterocycles. The zero-order chi connectivity index (χ0) is 19.4. The van der Waals surface area contributed by atoms with Crippen molar-refractivity contribution in [1.29, 1.82) is 0 Å². The Hall–Kier alpha value is -1.70. The molecule has 1 heterocycles. The lowest BCUT2D eigenvalue weighted by atomic mass is 10.0. The van der Waals surface area contributed by atoms with Gasteiger partial charge in [-0.2, -0.15) is 4.31 Å². The van der Waals surface area contributed by atoms with Crippen LogP contribution in [0.4, 0.5) is 0 Å². The number of carbonyl (C=O) groups excluding carboxylic acids is 1. The van der Waals surface area contributed by atoms with E-state index < -0.39 is 22.2 Å². The highest BCUT2D eigenvalue weighted by Crippen LogP contribution is 2.32. The number of carbonyl (C=O) groups is 1. The van der Waals surface area contributed by atoms with Gasteiger partial charge in [0.05, 0.1) is 12.0 Å². The van der Waals surface area contributed by atoms with Crippen molar-refractivity contribution in [1.82, 2.24) is 4.31 Å². The van der Waals surface area contributed by atoms with Gasteiger partial charge in [0.15, 0.2) is 0 Å². The lowest BCUT2D eigenvalue weighted by Gasteiger charge is -2.31. The summed E-state index contributed by atoms with van der Waals surface area (Å²) in [6.45, 7) is 1.78. The van der Waals surface area contributed by atoms with E-state index in [0.29, 0.717) is 0 Å². The van der Waals surface area contributed by atoms with Crippen LogP contribution in [0.1, 0.15) is 44.3 Å². The van der Waals surface area contributed by atoms with E-state index in [1.54, 1.807) is 31.5 Å². The van der Waals surface area contributed by atoms with Crippen LogP contribution in [0, 0.1) is 5.92 Å². The molecule has 1 fully saturated rings. The molecule has 0 radical (unpaired) electrons. The summed E-state index contributed by atoms with van der Waals surface area (Å²) in [6.07, 6.45) is 3.12. The molecule has 1 aromatic carbocycles. The minimum absolute atomic E-state index is 0.0809. The van der Waals surface area contributed by atoms with Crippen LogP contribution < -0.4 is 0 Å². The van der Waals surface area contributed by atoms with Crippen LogP contribution in [0.3, 0.4) is 0 Å². The maximum atomic E-state index is 12.9. The van der Waals surface area contributed by atoms with Crippen molar-refractivity contribution in [3.63, 3.8) is 0 Å². The first-order valence-electron chi connectivity index (χ1n) is 9.18. The zero-order valence-electron chi connectivity index (χ0n) is 15.6. The summed E-state index contributed by atoms with van der Waals surface area (Å²) < 4.78 is 33.3. The predicted molar refractivity (Wildman–Crippen MR) is 106 cm³/mol. The molecule has 0 bridgehead atoms. The smallest absolute Gasteiger partial charge is 0.309 e.